The first kappa shape index (κ1) is 19.4. The van der Waals surface area contributed by atoms with Crippen LogP contribution in [0.3, 0.4) is 0 Å². The Labute approximate surface area is 162 Å². The molecule has 0 spiro atoms. The Bertz CT molecular complexity index is 692. The summed E-state index contributed by atoms with van der Waals surface area (Å²) in [6, 6.07) is 18.6. The summed E-state index contributed by atoms with van der Waals surface area (Å²) in [5.41, 5.74) is 2.54. The Morgan fingerprint density at radius 1 is 1.04 bits per heavy atom. The van der Waals surface area contributed by atoms with E-state index in [1.165, 1.54) is 11.1 Å². The second-order valence-corrected chi connectivity index (χ2v) is 7.36. The zero-order valence-electron chi connectivity index (χ0n) is 16.2. The minimum atomic E-state index is 0.150. The van der Waals surface area contributed by atoms with Gasteiger partial charge in [-0.3, -0.25) is 9.69 Å². The molecule has 0 bridgehead atoms. The summed E-state index contributed by atoms with van der Waals surface area (Å²) in [5, 5.41) is 3.13. The fourth-order valence-electron chi connectivity index (χ4n) is 3.59. The van der Waals surface area contributed by atoms with Crippen LogP contribution in [0.5, 0.6) is 5.75 Å². The molecule has 0 radical (unpaired) electrons. The summed E-state index contributed by atoms with van der Waals surface area (Å²) < 4.78 is 5.16. The molecule has 3 rings (SSSR count). The molecule has 1 aliphatic rings. The van der Waals surface area contributed by atoms with Crippen LogP contribution in [0.15, 0.2) is 54.6 Å². The molecule has 0 atom stereocenters. The third kappa shape index (κ3) is 6.40. The molecule has 4 nitrogen and oxygen atoms in total. The van der Waals surface area contributed by atoms with E-state index < -0.39 is 0 Å². The molecular formula is C23H30N2O2. The number of piperidine rings is 1. The number of hydrogen-bond acceptors (Lipinski definition) is 3. The zero-order chi connectivity index (χ0) is 18.9. The standard InChI is InChI=1S/C23H30N2O2/c1-27-22-10-7-19(8-11-22)9-12-23(26)24-17-20-13-15-25(16-14-20)18-21-5-3-2-4-6-21/h2-8,10-11,20H,9,12-18H2,1H3,(H,24,26). The topological polar surface area (TPSA) is 41.6 Å². The fourth-order valence-corrected chi connectivity index (χ4v) is 3.59. The Kier molecular flexibility index (Phi) is 7.28. The maximum absolute atomic E-state index is 12.1. The zero-order valence-corrected chi connectivity index (χ0v) is 16.2. The van der Waals surface area contributed by atoms with E-state index in [9.17, 15) is 4.79 Å². The monoisotopic (exact) mass is 366 g/mol. The average molecular weight is 367 g/mol. The van der Waals surface area contributed by atoms with E-state index in [1.807, 2.05) is 24.3 Å². The molecule has 2 aromatic rings. The molecule has 27 heavy (non-hydrogen) atoms. The highest BCUT2D eigenvalue weighted by atomic mass is 16.5. The number of likely N-dealkylation sites (tertiary alicyclic amines) is 1. The number of carbonyl (C=O) groups is 1. The minimum absolute atomic E-state index is 0.150. The third-order valence-corrected chi connectivity index (χ3v) is 5.34. The van der Waals surface area contributed by atoms with E-state index in [4.69, 9.17) is 4.74 Å². The van der Waals surface area contributed by atoms with Gasteiger partial charge in [-0.1, -0.05) is 42.5 Å². The van der Waals surface area contributed by atoms with Crippen molar-refractivity contribution in [3.05, 3.63) is 65.7 Å². The number of rotatable bonds is 8. The smallest absolute Gasteiger partial charge is 0.220 e. The lowest BCUT2D eigenvalue weighted by Crippen LogP contribution is -2.38. The van der Waals surface area contributed by atoms with E-state index >= 15 is 0 Å². The molecule has 1 amide bonds. The first-order valence-corrected chi connectivity index (χ1v) is 9.89. The highest BCUT2D eigenvalue weighted by Gasteiger charge is 2.19. The van der Waals surface area contributed by atoms with Gasteiger partial charge in [0, 0.05) is 19.5 Å². The van der Waals surface area contributed by atoms with Crippen LogP contribution in [0.25, 0.3) is 0 Å². The van der Waals surface area contributed by atoms with Gasteiger partial charge in [-0.25, -0.2) is 0 Å². The van der Waals surface area contributed by atoms with E-state index in [-0.39, 0.29) is 5.91 Å². The number of nitrogens with zero attached hydrogens (tertiary/aromatic N) is 1. The van der Waals surface area contributed by atoms with Gasteiger partial charge in [0.2, 0.25) is 5.91 Å². The molecule has 0 aliphatic carbocycles. The molecule has 1 N–H and O–H groups in total. The van der Waals surface area contributed by atoms with Crippen LogP contribution in [0.4, 0.5) is 0 Å². The highest BCUT2D eigenvalue weighted by Crippen LogP contribution is 2.18. The number of ether oxygens (including phenoxy) is 1. The largest absolute Gasteiger partial charge is 0.497 e. The first-order chi connectivity index (χ1) is 13.2. The first-order valence-electron chi connectivity index (χ1n) is 9.89. The molecular weight excluding hydrogens is 336 g/mol. The van der Waals surface area contributed by atoms with Crippen molar-refractivity contribution in [2.75, 3.05) is 26.7 Å². The number of carbonyl (C=O) groups excluding carboxylic acids is 1. The van der Waals surface area contributed by atoms with E-state index in [1.54, 1.807) is 7.11 Å². The maximum Gasteiger partial charge on any atom is 0.220 e. The van der Waals surface area contributed by atoms with Gasteiger partial charge in [0.05, 0.1) is 7.11 Å². The molecule has 2 aromatic carbocycles. The van der Waals surface area contributed by atoms with Crippen molar-refractivity contribution in [1.29, 1.82) is 0 Å². The Balaban J connectivity index is 1.31. The molecule has 0 saturated carbocycles. The van der Waals surface area contributed by atoms with Crippen LogP contribution in [0.1, 0.15) is 30.4 Å². The summed E-state index contributed by atoms with van der Waals surface area (Å²) in [6.07, 6.45) is 3.63. The Morgan fingerprint density at radius 2 is 1.74 bits per heavy atom. The number of benzene rings is 2. The molecule has 1 saturated heterocycles. The predicted octanol–water partition coefficient (Wildman–Crippen LogP) is 3.66. The molecule has 1 heterocycles. The van der Waals surface area contributed by atoms with Crippen molar-refractivity contribution >= 4 is 5.91 Å². The normalized spacial score (nSPS) is 15.4. The summed E-state index contributed by atoms with van der Waals surface area (Å²) in [6.45, 7) is 4.06. The molecule has 144 valence electrons. The summed E-state index contributed by atoms with van der Waals surface area (Å²) in [4.78, 5) is 14.7. The Hall–Kier alpha value is -2.33. The van der Waals surface area contributed by atoms with Gasteiger partial charge in [-0.15, -0.1) is 0 Å². The van der Waals surface area contributed by atoms with Crippen molar-refractivity contribution in [3.63, 3.8) is 0 Å². The quantitative estimate of drug-likeness (QED) is 0.775. The van der Waals surface area contributed by atoms with Crippen molar-refractivity contribution in [1.82, 2.24) is 10.2 Å². The highest BCUT2D eigenvalue weighted by molar-refractivity contribution is 5.76. The van der Waals surface area contributed by atoms with Crippen LogP contribution >= 0.6 is 0 Å². The molecule has 0 unspecified atom stereocenters. The molecule has 1 fully saturated rings. The second-order valence-electron chi connectivity index (χ2n) is 7.36. The Morgan fingerprint density at radius 3 is 2.41 bits per heavy atom. The lowest BCUT2D eigenvalue weighted by Gasteiger charge is -2.32. The SMILES string of the molecule is COc1ccc(CCC(=O)NCC2CCN(Cc3ccccc3)CC2)cc1. The molecule has 4 heteroatoms. The van der Waals surface area contributed by atoms with Gasteiger partial charge < -0.3 is 10.1 Å². The number of methoxy groups -OCH3 is 1. The minimum Gasteiger partial charge on any atom is -0.497 e. The third-order valence-electron chi connectivity index (χ3n) is 5.34. The van der Waals surface area contributed by atoms with Crippen molar-refractivity contribution in [2.45, 2.75) is 32.2 Å². The van der Waals surface area contributed by atoms with Crippen molar-refractivity contribution in [3.8, 4) is 5.75 Å². The number of nitrogens with one attached hydrogen (secondary N) is 1. The number of hydrogen-bond donors (Lipinski definition) is 1. The van der Waals surface area contributed by atoms with Gasteiger partial charge >= 0.3 is 0 Å². The fraction of sp³-hybridized carbons (Fsp3) is 0.435. The van der Waals surface area contributed by atoms with Crippen LogP contribution in [-0.2, 0) is 17.8 Å². The van der Waals surface area contributed by atoms with Crippen LogP contribution in [-0.4, -0.2) is 37.6 Å². The number of aryl methyl sites for hydroxylation is 1. The average Bonchev–Trinajstić information content (AvgIpc) is 2.73. The van der Waals surface area contributed by atoms with Gasteiger partial charge in [-0.2, -0.15) is 0 Å². The van der Waals surface area contributed by atoms with Gasteiger partial charge in [0.1, 0.15) is 5.75 Å². The summed E-state index contributed by atoms with van der Waals surface area (Å²) >= 11 is 0. The van der Waals surface area contributed by atoms with Gasteiger partial charge in [-0.05, 0) is 61.5 Å². The summed E-state index contributed by atoms with van der Waals surface area (Å²) in [5.74, 6) is 1.60. The van der Waals surface area contributed by atoms with E-state index in [2.05, 4.69) is 40.5 Å². The van der Waals surface area contributed by atoms with Crippen LogP contribution < -0.4 is 10.1 Å². The maximum atomic E-state index is 12.1. The van der Waals surface area contributed by atoms with Crippen LogP contribution in [0, 0.1) is 5.92 Å². The van der Waals surface area contributed by atoms with E-state index in [0.717, 1.165) is 51.2 Å². The number of amides is 1. The molecule has 1 aliphatic heterocycles. The lowest BCUT2D eigenvalue weighted by atomic mass is 9.96. The van der Waals surface area contributed by atoms with Crippen molar-refractivity contribution in [2.24, 2.45) is 5.92 Å². The van der Waals surface area contributed by atoms with E-state index in [0.29, 0.717) is 12.3 Å². The van der Waals surface area contributed by atoms with Gasteiger partial charge in [0.25, 0.3) is 0 Å². The van der Waals surface area contributed by atoms with Gasteiger partial charge in [0.15, 0.2) is 0 Å². The van der Waals surface area contributed by atoms with Crippen molar-refractivity contribution < 1.29 is 9.53 Å². The molecule has 0 aromatic heterocycles. The lowest BCUT2D eigenvalue weighted by molar-refractivity contribution is -0.121. The summed E-state index contributed by atoms with van der Waals surface area (Å²) in [7, 11) is 1.66. The second kappa shape index (κ2) is 10.1. The van der Waals surface area contributed by atoms with Crippen LogP contribution in [0.2, 0.25) is 0 Å². The predicted molar refractivity (Wildman–Crippen MR) is 109 cm³/mol.